The molecule has 0 radical (unpaired) electrons. The van der Waals surface area contributed by atoms with Crippen LogP contribution in [-0.2, 0) is 10.8 Å². The van der Waals surface area contributed by atoms with Crippen molar-refractivity contribution in [3.05, 3.63) is 46.5 Å². The Hall–Kier alpha value is -3.78. The first-order valence-electron chi connectivity index (χ1n) is 12.4. The number of aromatic nitrogens is 4. The lowest BCUT2D eigenvalue weighted by Crippen LogP contribution is -2.37. The first-order valence-corrected chi connectivity index (χ1v) is 14.7. The van der Waals surface area contributed by atoms with E-state index in [0.29, 0.717) is 53.3 Å². The summed E-state index contributed by atoms with van der Waals surface area (Å²) in [5.41, 5.74) is 0.532. The van der Waals surface area contributed by atoms with Crippen LogP contribution in [-0.4, -0.2) is 73.4 Å². The number of alkyl halides is 2. The monoisotopic (exact) mass is 582 g/mol. The highest BCUT2D eigenvalue weighted by molar-refractivity contribution is 7.85. The molecule has 1 saturated heterocycles. The quantitative estimate of drug-likeness (QED) is 0.441. The molecule has 3 aromatic heterocycles. The van der Waals surface area contributed by atoms with Gasteiger partial charge in [-0.15, -0.1) is 10.2 Å². The van der Waals surface area contributed by atoms with Crippen molar-refractivity contribution in [2.75, 3.05) is 43.6 Å². The predicted molar refractivity (Wildman–Crippen MR) is 148 cm³/mol. The molecule has 206 valence electrons. The van der Waals surface area contributed by atoms with Crippen LogP contribution in [0, 0.1) is 29.6 Å². The average molecular weight is 583 g/mol. The molecule has 2 aliphatic rings. The summed E-state index contributed by atoms with van der Waals surface area (Å²) in [4.78, 5) is 23.6. The van der Waals surface area contributed by atoms with E-state index in [4.69, 9.17) is 4.74 Å². The summed E-state index contributed by atoms with van der Waals surface area (Å²) >= 11 is 1.14. The lowest BCUT2D eigenvalue weighted by molar-refractivity contribution is 0.102. The summed E-state index contributed by atoms with van der Waals surface area (Å²) in [7, 11) is 0.608. The van der Waals surface area contributed by atoms with Gasteiger partial charge in [-0.1, -0.05) is 23.2 Å². The molecule has 0 aromatic carbocycles. The highest BCUT2D eigenvalue weighted by Gasteiger charge is 2.22. The number of hydrogen-bond donors (Lipinski definition) is 1. The minimum absolute atomic E-state index is 0.106. The number of carbonyl (C=O) groups excluding carboxylic acids is 1. The normalized spacial score (nSPS) is 15.6. The summed E-state index contributed by atoms with van der Waals surface area (Å²) < 4.78 is 44.1. The minimum atomic E-state index is -2.82. The number of rotatable bonds is 6. The van der Waals surface area contributed by atoms with Crippen molar-refractivity contribution in [3.8, 4) is 40.6 Å². The summed E-state index contributed by atoms with van der Waals surface area (Å²) in [6.07, 6.45) is 1.88. The summed E-state index contributed by atoms with van der Waals surface area (Å²) in [6, 6.07) is 2.75. The number of methoxy groups -OCH3 is 1. The van der Waals surface area contributed by atoms with Gasteiger partial charge in [0.1, 0.15) is 17.1 Å². The second-order valence-corrected chi connectivity index (χ2v) is 11.7. The molecule has 0 bridgehead atoms. The average Bonchev–Trinajstić information content (AvgIpc) is 3.69. The molecule has 2 fully saturated rings. The van der Waals surface area contributed by atoms with E-state index in [1.807, 2.05) is 0 Å². The van der Waals surface area contributed by atoms with E-state index in [1.165, 1.54) is 25.6 Å². The molecule has 4 heterocycles. The van der Waals surface area contributed by atoms with Crippen molar-refractivity contribution in [2.24, 2.45) is 5.92 Å². The van der Waals surface area contributed by atoms with Crippen LogP contribution in [0.25, 0.3) is 11.1 Å². The van der Waals surface area contributed by atoms with Gasteiger partial charge in [-0.05, 0) is 36.8 Å². The standard InChI is InChI=1S/C27H24F2N6O3S2/c1-38-23-16-31-22(25(28)29)14-20(23)19-13-18(3-2-8-35-9-11-40(37)12-10-35)30-15-21(19)26(36)32-27-34-33-24(39-27)7-6-17-4-5-17/h13-17,25H,4-5,8-12H2,1H3,(H,32,34,36). The van der Waals surface area contributed by atoms with Crippen LogP contribution in [0.4, 0.5) is 13.9 Å². The number of pyridine rings is 2. The molecule has 0 spiro atoms. The van der Waals surface area contributed by atoms with E-state index in [0.717, 1.165) is 24.2 Å². The molecule has 1 aliphatic carbocycles. The zero-order chi connectivity index (χ0) is 28.1. The van der Waals surface area contributed by atoms with Gasteiger partial charge in [0.25, 0.3) is 12.3 Å². The lowest BCUT2D eigenvalue weighted by Gasteiger charge is -2.23. The van der Waals surface area contributed by atoms with Crippen LogP contribution >= 0.6 is 11.3 Å². The van der Waals surface area contributed by atoms with Crippen LogP contribution in [0.5, 0.6) is 5.75 Å². The van der Waals surface area contributed by atoms with Crippen molar-refractivity contribution in [3.63, 3.8) is 0 Å². The second kappa shape index (κ2) is 12.6. The smallest absolute Gasteiger partial charge is 0.280 e. The third-order valence-corrected chi connectivity index (χ3v) is 8.20. The molecule has 40 heavy (non-hydrogen) atoms. The molecular weight excluding hydrogens is 558 g/mol. The fourth-order valence-electron chi connectivity index (χ4n) is 3.83. The van der Waals surface area contributed by atoms with Crippen molar-refractivity contribution >= 4 is 33.2 Å². The van der Waals surface area contributed by atoms with Gasteiger partial charge in [-0.2, -0.15) is 0 Å². The molecule has 1 saturated carbocycles. The molecule has 1 amide bonds. The van der Waals surface area contributed by atoms with E-state index in [-0.39, 0.29) is 22.0 Å². The Labute approximate surface area is 236 Å². The van der Waals surface area contributed by atoms with Gasteiger partial charge in [-0.25, -0.2) is 13.8 Å². The molecular formula is C27H24F2N6O3S2. The molecule has 1 N–H and O–H groups in total. The van der Waals surface area contributed by atoms with Gasteiger partial charge in [0.15, 0.2) is 5.01 Å². The van der Waals surface area contributed by atoms with Gasteiger partial charge in [0, 0.05) is 58.6 Å². The summed E-state index contributed by atoms with van der Waals surface area (Å²) in [5.74, 6) is 13.4. The first kappa shape index (κ1) is 27.8. The molecule has 1 aliphatic heterocycles. The largest absolute Gasteiger partial charge is 0.494 e. The van der Waals surface area contributed by atoms with E-state index in [1.54, 1.807) is 6.07 Å². The van der Waals surface area contributed by atoms with E-state index in [2.05, 4.69) is 54.1 Å². The second-order valence-electron chi connectivity index (χ2n) is 9.06. The van der Waals surface area contributed by atoms with Crippen molar-refractivity contribution in [1.29, 1.82) is 0 Å². The summed E-state index contributed by atoms with van der Waals surface area (Å²) in [5, 5.41) is 11.4. The maximum atomic E-state index is 13.5. The molecule has 13 heteroatoms. The SMILES string of the molecule is COc1cnc(C(F)F)cc1-c1cc(C#CCN2CCS(=O)CC2)ncc1C(=O)Nc1nnc(C#CC2CC2)s1. The van der Waals surface area contributed by atoms with Crippen LogP contribution in [0.15, 0.2) is 24.5 Å². The van der Waals surface area contributed by atoms with Crippen LogP contribution < -0.4 is 10.1 Å². The van der Waals surface area contributed by atoms with Crippen LogP contribution in [0.3, 0.4) is 0 Å². The number of halogens is 2. The predicted octanol–water partition coefficient (Wildman–Crippen LogP) is 3.37. The van der Waals surface area contributed by atoms with Gasteiger partial charge < -0.3 is 4.74 Å². The molecule has 9 nitrogen and oxygen atoms in total. The first-order chi connectivity index (χ1) is 19.4. The number of hydrogen-bond acceptors (Lipinski definition) is 9. The third kappa shape index (κ3) is 7.04. The molecule has 5 rings (SSSR count). The highest BCUT2D eigenvalue weighted by atomic mass is 32.2. The zero-order valence-electron chi connectivity index (χ0n) is 21.4. The number of carbonyl (C=O) groups is 1. The topological polar surface area (TPSA) is 110 Å². The van der Waals surface area contributed by atoms with Crippen molar-refractivity contribution < 1.29 is 22.5 Å². The Bertz CT molecular complexity index is 1560. The molecule has 3 aromatic rings. The Morgan fingerprint density at radius 3 is 2.70 bits per heavy atom. The Balaban J connectivity index is 1.45. The maximum Gasteiger partial charge on any atom is 0.280 e. The molecule has 0 unspecified atom stereocenters. The van der Waals surface area contributed by atoms with Gasteiger partial charge in [0.05, 0.1) is 25.4 Å². The fraction of sp³-hybridized carbons (Fsp3) is 0.370. The van der Waals surface area contributed by atoms with E-state index in [9.17, 15) is 17.8 Å². The number of anilines is 1. The van der Waals surface area contributed by atoms with Crippen molar-refractivity contribution in [1.82, 2.24) is 25.1 Å². The van der Waals surface area contributed by atoms with E-state index < -0.39 is 28.8 Å². The Morgan fingerprint density at radius 2 is 1.98 bits per heavy atom. The van der Waals surface area contributed by atoms with Crippen LogP contribution in [0.1, 0.15) is 46.0 Å². The van der Waals surface area contributed by atoms with Crippen LogP contribution in [0.2, 0.25) is 0 Å². The fourth-order valence-corrected chi connectivity index (χ4v) is 5.56. The number of nitrogens with zero attached hydrogens (tertiary/aromatic N) is 5. The number of amides is 1. The van der Waals surface area contributed by atoms with Gasteiger partial charge >= 0.3 is 0 Å². The minimum Gasteiger partial charge on any atom is -0.494 e. The number of ether oxygens (including phenoxy) is 1. The summed E-state index contributed by atoms with van der Waals surface area (Å²) in [6.45, 7) is 1.86. The molecule has 0 atom stereocenters. The zero-order valence-corrected chi connectivity index (χ0v) is 23.1. The lowest BCUT2D eigenvalue weighted by atomic mass is 9.99. The number of nitrogens with one attached hydrogen (secondary N) is 1. The Morgan fingerprint density at radius 1 is 1.18 bits per heavy atom. The van der Waals surface area contributed by atoms with Gasteiger partial charge in [0.2, 0.25) is 5.13 Å². The highest BCUT2D eigenvalue weighted by Crippen LogP contribution is 2.35. The van der Waals surface area contributed by atoms with E-state index >= 15 is 0 Å². The van der Waals surface area contributed by atoms with Gasteiger partial charge in [-0.3, -0.25) is 24.2 Å². The van der Waals surface area contributed by atoms with Crippen molar-refractivity contribution in [2.45, 2.75) is 19.3 Å². The maximum absolute atomic E-state index is 13.5. The third-order valence-electron chi connectivity index (χ3n) is 6.17. The Kier molecular flexibility index (Phi) is 8.75.